The Balaban J connectivity index is 0.00000683. The number of ketones is 1. The molecule has 0 fully saturated rings. The standard InChI is InChI=1S/C50H61N4O5.Mg/c1-12-34-30(7)37-24-39-32(9)36(20-21-43(55)59-23-22-29(6)19-15-18-28(5)17-14-16-27(3)4)47(53-39)45-46(50(57)58-11)49(56)44-33(10)40(54-48(44)45)26-42-35(13-2)31(8)38(52-42)25-41(34)51-37;/h12,16,18,22,24-26,31-32,35-36,46H,1,13-15,17,19-21,23H2,2-11H3,(H-,51,52,53,54,56);/q-1;+2/p-1/b28-18+,29-22+;/t31?,32-,35?,36-,46?;/m0./s1. The van der Waals surface area contributed by atoms with E-state index in [1.165, 1.54) is 23.8 Å². The number of carbonyl (C=O) groups is 3. The van der Waals surface area contributed by atoms with Crippen molar-refractivity contribution in [3.05, 3.63) is 110 Å². The van der Waals surface area contributed by atoms with Gasteiger partial charge in [-0.1, -0.05) is 91.6 Å². The van der Waals surface area contributed by atoms with Gasteiger partial charge in [-0.05, 0) is 97.3 Å². The number of ether oxygens (including phenoxy) is 2. The van der Waals surface area contributed by atoms with E-state index in [9.17, 15) is 14.4 Å². The Bertz CT molecular complexity index is 2430. The van der Waals surface area contributed by atoms with Gasteiger partial charge in [0.2, 0.25) is 0 Å². The molecule has 60 heavy (non-hydrogen) atoms. The molecule has 5 atom stereocenters. The molecule has 3 aromatic rings. The molecule has 3 unspecified atom stereocenters. The molecule has 5 heterocycles. The van der Waals surface area contributed by atoms with Crippen molar-refractivity contribution >= 4 is 68.9 Å². The van der Waals surface area contributed by atoms with Gasteiger partial charge in [-0.2, -0.15) is 0 Å². The molecule has 0 spiro atoms. The monoisotopic (exact) mass is 820 g/mol. The van der Waals surface area contributed by atoms with Gasteiger partial charge in [0.1, 0.15) is 12.5 Å². The van der Waals surface area contributed by atoms with Crippen LogP contribution in [0.2, 0.25) is 0 Å². The van der Waals surface area contributed by atoms with E-state index in [0.717, 1.165) is 71.3 Å². The number of carbonyl (C=O) groups excluding carboxylic acids is 3. The predicted molar refractivity (Wildman–Crippen MR) is 242 cm³/mol. The molecule has 312 valence electrons. The van der Waals surface area contributed by atoms with Crippen LogP contribution in [0.15, 0.2) is 59.7 Å². The minimum absolute atomic E-state index is 0. The van der Waals surface area contributed by atoms with Crippen molar-refractivity contribution in [1.82, 2.24) is 19.9 Å². The maximum Gasteiger partial charge on any atom is 2.00 e. The Morgan fingerprint density at radius 3 is 2.10 bits per heavy atom. The fourth-order valence-corrected chi connectivity index (χ4v) is 8.96. The number of aryl methyl sites for hydroxylation is 2. The van der Waals surface area contributed by atoms with E-state index < -0.39 is 11.9 Å². The van der Waals surface area contributed by atoms with E-state index >= 15 is 0 Å². The maximum absolute atomic E-state index is 14.3. The maximum atomic E-state index is 14.3. The summed E-state index contributed by atoms with van der Waals surface area (Å²) in [6.45, 7) is 23.1. The van der Waals surface area contributed by atoms with Crippen molar-refractivity contribution in [2.45, 2.75) is 137 Å². The number of esters is 2. The first-order chi connectivity index (χ1) is 28.2. The zero-order chi connectivity index (χ0) is 42.7. The molecule has 1 aliphatic carbocycles. The molecule has 6 rings (SSSR count). The van der Waals surface area contributed by atoms with Gasteiger partial charge < -0.3 is 19.4 Å². The van der Waals surface area contributed by atoms with Crippen LogP contribution in [0.1, 0.15) is 178 Å². The van der Waals surface area contributed by atoms with Crippen molar-refractivity contribution in [2.75, 3.05) is 13.7 Å². The third-order valence-electron chi connectivity index (χ3n) is 12.6. The molecule has 9 nitrogen and oxygen atoms in total. The molecule has 0 saturated heterocycles. The average molecular weight is 821 g/mol. The fraction of sp³-hybridized carbons (Fsp3) is 0.460. The van der Waals surface area contributed by atoms with E-state index in [2.05, 4.69) is 73.3 Å². The summed E-state index contributed by atoms with van der Waals surface area (Å²) in [6.07, 6.45) is 13.7. The number of rotatable bonds is 14. The molecule has 10 heteroatoms. The molecule has 3 aromatic heterocycles. The molecule has 8 bridgehead atoms. The number of aromatic nitrogens is 4. The van der Waals surface area contributed by atoms with Crippen molar-refractivity contribution in [1.29, 1.82) is 0 Å². The van der Waals surface area contributed by atoms with E-state index in [4.69, 9.17) is 29.4 Å². The second-order valence-corrected chi connectivity index (χ2v) is 16.9. The summed E-state index contributed by atoms with van der Waals surface area (Å²) >= 11 is 0. The van der Waals surface area contributed by atoms with Crippen LogP contribution >= 0.6 is 0 Å². The molecule has 0 saturated carbocycles. The number of methoxy groups -OCH3 is 1. The van der Waals surface area contributed by atoms with Gasteiger partial charge in [0, 0.05) is 58.4 Å². The Morgan fingerprint density at radius 1 is 0.817 bits per heavy atom. The SMILES string of the molecule is C=Cc1c(C)c2cc3nc(c4c5[n-]c(cc6nc(cc1[n-]2)C(C)C6CC)c(C)c5C(=O)C4C(=O)OC)[C@@H](CCC(=O)OC/C=C(\C)CC/C=C(\C)CCC=C(C)C)[C@@H]3C.[Mg+2]. The van der Waals surface area contributed by atoms with Gasteiger partial charge in [0.05, 0.1) is 7.11 Å². The molecular weight excluding hydrogens is 761 g/mol. The van der Waals surface area contributed by atoms with Crippen LogP contribution < -0.4 is 9.97 Å². The summed E-state index contributed by atoms with van der Waals surface area (Å²) in [5.74, 6) is -2.76. The van der Waals surface area contributed by atoms with Crippen LogP contribution in [-0.2, 0) is 19.1 Å². The topological polar surface area (TPSA) is 124 Å². The van der Waals surface area contributed by atoms with Crippen LogP contribution in [0.25, 0.3) is 28.1 Å². The summed E-state index contributed by atoms with van der Waals surface area (Å²) in [4.78, 5) is 61.7. The van der Waals surface area contributed by atoms with Crippen LogP contribution in [0.5, 0.6) is 0 Å². The van der Waals surface area contributed by atoms with Crippen molar-refractivity contribution in [2.24, 2.45) is 0 Å². The van der Waals surface area contributed by atoms with Crippen LogP contribution in [0, 0.1) is 13.8 Å². The Morgan fingerprint density at radius 2 is 1.43 bits per heavy atom. The summed E-state index contributed by atoms with van der Waals surface area (Å²) in [5, 5.41) is 0. The number of fused-ring (bicyclic) bond motifs is 8. The number of nitrogens with zero attached hydrogens (tertiary/aromatic N) is 4. The van der Waals surface area contributed by atoms with Crippen LogP contribution in [0.3, 0.4) is 0 Å². The van der Waals surface area contributed by atoms with E-state index in [1.54, 1.807) is 0 Å². The number of hydrogen-bond acceptors (Lipinski definition) is 7. The second-order valence-electron chi connectivity index (χ2n) is 16.9. The van der Waals surface area contributed by atoms with Crippen molar-refractivity contribution in [3.8, 4) is 0 Å². The molecule has 3 aliphatic rings. The molecule has 0 N–H and O–H groups in total. The summed E-state index contributed by atoms with van der Waals surface area (Å²) in [6, 6.07) is 6.05. The third-order valence-corrected chi connectivity index (χ3v) is 12.6. The first-order valence-electron chi connectivity index (χ1n) is 21.2. The molecule has 0 amide bonds. The van der Waals surface area contributed by atoms with Gasteiger partial charge in [-0.25, -0.2) is 0 Å². The zero-order valence-electron chi connectivity index (χ0n) is 37.3. The Labute approximate surface area is 371 Å². The summed E-state index contributed by atoms with van der Waals surface area (Å²) < 4.78 is 11.0. The number of Topliss-reactive ketones (excluding diaryl/α,β-unsaturated/α-hetero) is 1. The number of hydrogen-bond donors (Lipinski definition) is 0. The third kappa shape index (κ3) is 9.50. The quantitative estimate of drug-likeness (QED) is 0.0676. The fourth-order valence-electron chi connectivity index (χ4n) is 8.96. The summed E-state index contributed by atoms with van der Waals surface area (Å²) in [7, 11) is 1.29. The normalized spacial score (nSPS) is 19.8. The van der Waals surface area contributed by atoms with Gasteiger partial charge >= 0.3 is 35.0 Å². The average Bonchev–Trinajstić information content (AvgIpc) is 3.94. The first-order valence-corrected chi connectivity index (χ1v) is 21.2. The second kappa shape index (κ2) is 19.9. The van der Waals surface area contributed by atoms with Gasteiger partial charge in [0.15, 0.2) is 5.78 Å². The van der Waals surface area contributed by atoms with E-state index in [0.29, 0.717) is 39.8 Å². The predicted octanol–water partition coefficient (Wildman–Crippen LogP) is 10.8. The minimum Gasteiger partial charge on any atom is -0.657 e. The summed E-state index contributed by atoms with van der Waals surface area (Å²) in [5.41, 5.74) is 13.2. The molecule has 2 aliphatic heterocycles. The van der Waals surface area contributed by atoms with Gasteiger partial charge in [-0.15, -0.1) is 22.1 Å². The van der Waals surface area contributed by atoms with Crippen LogP contribution in [0.4, 0.5) is 0 Å². The van der Waals surface area contributed by atoms with Gasteiger partial charge in [-0.3, -0.25) is 24.4 Å². The van der Waals surface area contributed by atoms with Crippen molar-refractivity contribution < 1.29 is 23.9 Å². The molecular formula is C50H60MgN4O5. The van der Waals surface area contributed by atoms with Crippen molar-refractivity contribution in [3.63, 3.8) is 0 Å². The largest absolute Gasteiger partial charge is 2.00 e. The van der Waals surface area contributed by atoms with Crippen LogP contribution in [-0.4, -0.2) is 64.5 Å². The Kier molecular flexibility index (Phi) is 15.4. The van der Waals surface area contributed by atoms with E-state index in [1.807, 2.05) is 38.1 Å². The number of allylic oxidation sites excluding steroid dienone is 5. The Hall–Kier alpha value is -4.54. The minimum atomic E-state index is -1.22. The van der Waals surface area contributed by atoms with Gasteiger partial charge in [0.25, 0.3) is 0 Å². The smallest absolute Gasteiger partial charge is 0.657 e. The first kappa shape index (κ1) is 46.5. The van der Waals surface area contributed by atoms with E-state index in [-0.39, 0.29) is 71.5 Å². The molecule has 0 aromatic carbocycles. The zero-order valence-corrected chi connectivity index (χ0v) is 38.7. The molecule has 0 radical (unpaired) electrons.